The van der Waals surface area contributed by atoms with E-state index in [1.54, 1.807) is 0 Å². The zero-order chi connectivity index (χ0) is 13.5. The van der Waals surface area contributed by atoms with E-state index in [-0.39, 0.29) is 0 Å². The minimum atomic E-state index is 0.649. The van der Waals surface area contributed by atoms with Crippen LogP contribution >= 0.6 is 11.6 Å². The number of hydrogen-bond acceptors (Lipinski definition) is 3. The van der Waals surface area contributed by atoms with Crippen molar-refractivity contribution in [3.8, 4) is 5.88 Å². The molecule has 0 amide bonds. The quantitative estimate of drug-likeness (QED) is 0.766. The van der Waals surface area contributed by atoms with Crippen molar-refractivity contribution in [2.75, 3.05) is 13.2 Å². The van der Waals surface area contributed by atoms with Crippen molar-refractivity contribution in [2.24, 2.45) is 0 Å². The lowest BCUT2D eigenvalue weighted by Crippen LogP contribution is -2.16. The molecule has 102 valence electrons. The number of ether oxygens (including phenoxy) is 1. The highest BCUT2D eigenvalue weighted by Gasteiger charge is 2.01. The molecular weight excluding hydrogens is 262 g/mol. The number of hydrogen-bond donors (Lipinski definition) is 2. The van der Waals surface area contributed by atoms with Crippen LogP contribution in [0.1, 0.15) is 18.2 Å². The third-order valence-electron chi connectivity index (χ3n) is 2.71. The molecule has 5 heteroatoms. The molecule has 0 fully saturated rings. The molecule has 1 aromatic heterocycles. The van der Waals surface area contributed by atoms with Crippen LogP contribution < -0.4 is 10.1 Å². The molecule has 0 saturated carbocycles. The van der Waals surface area contributed by atoms with Gasteiger partial charge in [-0.05, 0) is 24.6 Å². The number of rotatable bonds is 7. The summed E-state index contributed by atoms with van der Waals surface area (Å²) >= 11 is 5.84. The largest absolute Gasteiger partial charge is 0.478 e. The third-order valence-corrected chi connectivity index (χ3v) is 2.96. The first-order chi connectivity index (χ1) is 9.28. The van der Waals surface area contributed by atoms with Crippen LogP contribution in [0.25, 0.3) is 0 Å². The molecule has 4 nitrogen and oxygen atoms in total. The number of nitrogens with one attached hydrogen (secondary N) is 2. The molecule has 0 bridgehead atoms. The Bertz CT molecular complexity index is 496. The van der Waals surface area contributed by atoms with E-state index >= 15 is 0 Å². The predicted octanol–water partition coefficient (Wildman–Crippen LogP) is 2.79. The van der Waals surface area contributed by atoms with Gasteiger partial charge < -0.3 is 10.1 Å². The Balaban J connectivity index is 1.69. The molecular formula is C14H18ClN3O. The summed E-state index contributed by atoms with van der Waals surface area (Å²) in [7, 11) is 0. The van der Waals surface area contributed by atoms with Crippen molar-refractivity contribution in [2.45, 2.75) is 19.9 Å². The minimum Gasteiger partial charge on any atom is -0.478 e. The Labute approximate surface area is 118 Å². The van der Waals surface area contributed by atoms with E-state index in [1.165, 1.54) is 5.56 Å². The van der Waals surface area contributed by atoms with Crippen molar-refractivity contribution in [3.63, 3.8) is 0 Å². The fourth-order valence-electron chi connectivity index (χ4n) is 1.75. The number of aromatic nitrogens is 2. The smallest absolute Gasteiger partial charge is 0.209 e. The Kier molecular flexibility index (Phi) is 5.24. The normalized spacial score (nSPS) is 10.6. The molecule has 2 rings (SSSR count). The summed E-state index contributed by atoms with van der Waals surface area (Å²) in [5.41, 5.74) is 2.23. The fraction of sp³-hybridized carbons (Fsp3) is 0.357. The average Bonchev–Trinajstić information content (AvgIpc) is 2.85. The Hall–Kier alpha value is -1.52. The van der Waals surface area contributed by atoms with Gasteiger partial charge in [-0.3, -0.25) is 0 Å². The molecule has 2 N–H and O–H groups in total. The first-order valence-corrected chi connectivity index (χ1v) is 6.78. The van der Waals surface area contributed by atoms with Crippen molar-refractivity contribution in [3.05, 3.63) is 46.6 Å². The lowest BCUT2D eigenvalue weighted by atomic mass is 10.2. The lowest BCUT2D eigenvalue weighted by Gasteiger charge is -2.03. The molecule has 0 spiro atoms. The van der Waals surface area contributed by atoms with Gasteiger partial charge in [0.1, 0.15) is 0 Å². The number of nitrogens with zero attached hydrogens (tertiary/aromatic N) is 1. The van der Waals surface area contributed by atoms with Gasteiger partial charge in [-0.25, -0.2) is 5.10 Å². The van der Waals surface area contributed by atoms with Crippen LogP contribution in [0.3, 0.4) is 0 Å². The first-order valence-electron chi connectivity index (χ1n) is 6.40. The zero-order valence-corrected chi connectivity index (χ0v) is 11.7. The monoisotopic (exact) mass is 279 g/mol. The van der Waals surface area contributed by atoms with Crippen LogP contribution in [0, 0.1) is 0 Å². The van der Waals surface area contributed by atoms with Crippen LogP contribution in [0.4, 0.5) is 0 Å². The molecule has 0 aliphatic rings. The third kappa shape index (κ3) is 4.58. The van der Waals surface area contributed by atoms with Crippen LogP contribution in [-0.2, 0) is 13.0 Å². The molecule has 0 unspecified atom stereocenters. The summed E-state index contributed by atoms with van der Waals surface area (Å²) in [6.45, 7) is 4.31. The Morgan fingerprint density at radius 3 is 2.84 bits per heavy atom. The van der Waals surface area contributed by atoms with Crippen molar-refractivity contribution >= 4 is 11.6 Å². The van der Waals surface area contributed by atoms with Crippen molar-refractivity contribution in [1.82, 2.24) is 15.5 Å². The van der Waals surface area contributed by atoms with Gasteiger partial charge in [0.15, 0.2) is 0 Å². The summed E-state index contributed by atoms with van der Waals surface area (Å²) in [5, 5.41) is 11.2. The molecule has 1 aromatic carbocycles. The first kappa shape index (κ1) is 13.9. The second-order valence-corrected chi connectivity index (χ2v) is 4.65. The Morgan fingerprint density at radius 1 is 1.32 bits per heavy atom. The maximum Gasteiger partial charge on any atom is 0.209 e. The van der Waals surface area contributed by atoms with Crippen LogP contribution in [0.15, 0.2) is 30.3 Å². The van der Waals surface area contributed by atoms with E-state index in [9.17, 15) is 0 Å². The van der Waals surface area contributed by atoms with E-state index in [4.69, 9.17) is 16.3 Å². The molecule has 0 aliphatic heterocycles. The van der Waals surface area contributed by atoms with E-state index in [0.717, 1.165) is 36.1 Å². The van der Waals surface area contributed by atoms with Crippen LogP contribution in [0.2, 0.25) is 5.02 Å². The highest BCUT2D eigenvalue weighted by atomic mass is 35.5. The number of benzene rings is 1. The molecule has 2 aromatic rings. The zero-order valence-electron chi connectivity index (χ0n) is 10.9. The van der Waals surface area contributed by atoms with Gasteiger partial charge >= 0.3 is 0 Å². The minimum absolute atomic E-state index is 0.649. The van der Waals surface area contributed by atoms with E-state index in [2.05, 4.69) is 15.5 Å². The van der Waals surface area contributed by atoms with E-state index < -0.39 is 0 Å². The molecule has 19 heavy (non-hydrogen) atoms. The summed E-state index contributed by atoms with van der Waals surface area (Å²) in [5.74, 6) is 0.732. The molecule has 0 atom stereocenters. The molecule has 0 saturated heterocycles. The summed E-state index contributed by atoms with van der Waals surface area (Å²) in [4.78, 5) is 0. The predicted molar refractivity (Wildman–Crippen MR) is 76.6 cm³/mol. The SMILES string of the molecule is CCOc1cc(CCNCc2ccc(Cl)cc2)n[nH]1. The fourth-order valence-corrected chi connectivity index (χ4v) is 1.88. The van der Waals surface area contributed by atoms with Crippen LogP contribution in [-0.4, -0.2) is 23.3 Å². The average molecular weight is 280 g/mol. The van der Waals surface area contributed by atoms with Gasteiger partial charge in [0.05, 0.1) is 12.3 Å². The van der Waals surface area contributed by atoms with Crippen molar-refractivity contribution in [1.29, 1.82) is 0 Å². The second kappa shape index (κ2) is 7.16. The standard InChI is InChI=1S/C14H18ClN3O/c1-2-19-14-9-13(17-18-14)7-8-16-10-11-3-5-12(15)6-4-11/h3-6,9,16H,2,7-8,10H2,1H3,(H,17,18). The highest BCUT2D eigenvalue weighted by Crippen LogP contribution is 2.10. The molecule has 0 radical (unpaired) electrons. The van der Waals surface area contributed by atoms with Gasteiger partial charge in [-0.1, -0.05) is 23.7 Å². The van der Waals surface area contributed by atoms with Gasteiger partial charge in [0.2, 0.25) is 5.88 Å². The topological polar surface area (TPSA) is 49.9 Å². The van der Waals surface area contributed by atoms with Gasteiger partial charge in [-0.2, -0.15) is 5.10 Å². The summed E-state index contributed by atoms with van der Waals surface area (Å²) in [6, 6.07) is 9.79. The van der Waals surface area contributed by atoms with Gasteiger partial charge in [-0.15, -0.1) is 0 Å². The maximum atomic E-state index is 5.84. The Morgan fingerprint density at radius 2 is 2.11 bits per heavy atom. The molecule has 1 heterocycles. The van der Waals surface area contributed by atoms with Gasteiger partial charge in [0.25, 0.3) is 0 Å². The number of H-pyrrole nitrogens is 1. The van der Waals surface area contributed by atoms with Crippen LogP contribution in [0.5, 0.6) is 5.88 Å². The van der Waals surface area contributed by atoms with E-state index in [1.807, 2.05) is 37.3 Å². The summed E-state index contributed by atoms with van der Waals surface area (Å²) < 4.78 is 5.32. The molecule has 0 aliphatic carbocycles. The number of aromatic amines is 1. The number of halogens is 1. The second-order valence-electron chi connectivity index (χ2n) is 4.21. The lowest BCUT2D eigenvalue weighted by molar-refractivity contribution is 0.326. The van der Waals surface area contributed by atoms with E-state index in [0.29, 0.717) is 6.61 Å². The maximum absolute atomic E-state index is 5.84. The van der Waals surface area contributed by atoms with Gasteiger partial charge in [0, 0.05) is 30.6 Å². The summed E-state index contributed by atoms with van der Waals surface area (Å²) in [6.07, 6.45) is 0.872. The highest BCUT2D eigenvalue weighted by molar-refractivity contribution is 6.30. The van der Waals surface area contributed by atoms with Crippen molar-refractivity contribution < 1.29 is 4.74 Å².